The zero-order valence-corrected chi connectivity index (χ0v) is 9.19. The van der Waals surface area contributed by atoms with E-state index in [2.05, 4.69) is 18.3 Å². The number of aryl methyl sites for hydroxylation is 1. The number of hydrogen-bond acceptors (Lipinski definition) is 3. The number of aliphatic carboxylic acids is 1. The summed E-state index contributed by atoms with van der Waals surface area (Å²) >= 11 is 0. The van der Waals surface area contributed by atoms with Gasteiger partial charge in [-0.15, -0.1) is 0 Å². The summed E-state index contributed by atoms with van der Waals surface area (Å²) in [7, 11) is 0. The van der Waals surface area contributed by atoms with Crippen LogP contribution < -0.4 is 10.1 Å². The third-order valence-electron chi connectivity index (χ3n) is 2.61. The summed E-state index contributed by atoms with van der Waals surface area (Å²) in [6.45, 7) is 2.60. The molecule has 0 bridgehead atoms. The maximum absolute atomic E-state index is 10.3. The number of carboxylic acid groups (broad SMARTS) is 1. The minimum atomic E-state index is -0.841. The van der Waals surface area contributed by atoms with Gasteiger partial charge in [0, 0.05) is 13.0 Å². The van der Waals surface area contributed by atoms with E-state index in [4.69, 9.17) is 9.84 Å². The van der Waals surface area contributed by atoms with Crippen molar-refractivity contribution >= 4 is 5.97 Å². The van der Waals surface area contributed by atoms with Crippen LogP contribution in [-0.4, -0.2) is 30.3 Å². The summed E-state index contributed by atoms with van der Waals surface area (Å²) in [5.74, 6) is 0.0825. The topological polar surface area (TPSA) is 58.6 Å². The molecule has 1 aromatic rings. The van der Waals surface area contributed by atoms with Crippen LogP contribution in [-0.2, 0) is 11.2 Å². The molecular formula is C12H15NO3. The Bertz CT molecular complexity index is 403. The Morgan fingerprint density at radius 2 is 2.44 bits per heavy atom. The fourth-order valence-electron chi connectivity index (χ4n) is 1.90. The number of hydrogen-bond donors (Lipinski definition) is 2. The lowest BCUT2D eigenvalue weighted by Gasteiger charge is -2.10. The molecule has 4 heteroatoms. The van der Waals surface area contributed by atoms with Crippen LogP contribution in [0.5, 0.6) is 5.75 Å². The smallest absolute Gasteiger partial charge is 0.317 e. The van der Waals surface area contributed by atoms with Gasteiger partial charge in [0.2, 0.25) is 0 Å². The standard InChI is InChI=1S/C12H15NO3/c1-8-2-3-11-9(4-8)5-10(16-11)6-13-7-12(14)15/h2-4,10,13H,5-7H2,1H3,(H,14,15). The Labute approximate surface area is 94.2 Å². The second-order valence-corrected chi connectivity index (χ2v) is 4.08. The molecule has 86 valence electrons. The number of benzene rings is 1. The van der Waals surface area contributed by atoms with Gasteiger partial charge < -0.3 is 15.2 Å². The van der Waals surface area contributed by atoms with Gasteiger partial charge in [-0.25, -0.2) is 0 Å². The fourth-order valence-corrected chi connectivity index (χ4v) is 1.90. The van der Waals surface area contributed by atoms with Crippen molar-refractivity contribution in [2.75, 3.05) is 13.1 Å². The van der Waals surface area contributed by atoms with Crippen molar-refractivity contribution in [2.45, 2.75) is 19.4 Å². The Morgan fingerprint density at radius 1 is 1.62 bits per heavy atom. The third kappa shape index (κ3) is 2.52. The summed E-state index contributed by atoms with van der Waals surface area (Å²) in [6, 6.07) is 6.11. The quantitative estimate of drug-likeness (QED) is 0.795. The predicted octanol–water partition coefficient (Wildman–Crippen LogP) is 0.973. The minimum Gasteiger partial charge on any atom is -0.488 e. The summed E-state index contributed by atoms with van der Waals surface area (Å²) in [5.41, 5.74) is 2.43. The van der Waals surface area contributed by atoms with Gasteiger partial charge in [-0.1, -0.05) is 17.7 Å². The number of fused-ring (bicyclic) bond motifs is 1. The van der Waals surface area contributed by atoms with E-state index in [1.54, 1.807) is 0 Å². The zero-order valence-electron chi connectivity index (χ0n) is 9.19. The summed E-state index contributed by atoms with van der Waals surface area (Å²) in [5, 5.41) is 11.3. The molecule has 2 rings (SSSR count). The van der Waals surface area contributed by atoms with Crippen LogP contribution in [0.15, 0.2) is 18.2 Å². The lowest BCUT2D eigenvalue weighted by atomic mass is 10.1. The molecule has 1 atom stereocenters. The largest absolute Gasteiger partial charge is 0.488 e. The number of carbonyl (C=O) groups is 1. The Morgan fingerprint density at radius 3 is 3.19 bits per heavy atom. The van der Waals surface area contributed by atoms with E-state index < -0.39 is 5.97 Å². The van der Waals surface area contributed by atoms with Gasteiger partial charge in [0.1, 0.15) is 11.9 Å². The van der Waals surface area contributed by atoms with Crippen LogP contribution in [0, 0.1) is 6.92 Å². The van der Waals surface area contributed by atoms with Crippen molar-refractivity contribution in [1.82, 2.24) is 5.32 Å². The van der Waals surface area contributed by atoms with E-state index in [1.165, 1.54) is 11.1 Å². The highest BCUT2D eigenvalue weighted by Gasteiger charge is 2.22. The first-order chi connectivity index (χ1) is 7.65. The van der Waals surface area contributed by atoms with Crippen molar-refractivity contribution in [3.63, 3.8) is 0 Å². The van der Waals surface area contributed by atoms with E-state index in [-0.39, 0.29) is 12.6 Å². The molecule has 1 heterocycles. The molecule has 1 aliphatic rings. The Balaban J connectivity index is 1.88. The van der Waals surface area contributed by atoms with Gasteiger partial charge in [-0.3, -0.25) is 4.79 Å². The van der Waals surface area contributed by atoms with Gasteiger partial charge in [-0.2, -0.15) is 0 Å². The van der Waals surface area contributed by atoms with Crippen LogP contribution in [0.25, 0.3) is 0 Å². The monoisotopic (exact) mass is 221 g/mol. The maximum Gasteiger partial charge on any atom is 0.317 e. The average molecular weight is 221 g/mol. The molecule has 4 nitrogen and oxygen atoms in total. The normalized spacial score (nSPS) is 17.9. The van der Waals surface area contributed by atoms with E-state index in [0.717, 1.165) is 12.2 Å². The van der Waals surface area contributed by atoms with Gasteiger partial charge in [0.25, 0.3) is 0 Å². The first kappa shape index (κ1) is 11.0. The fraction of sp³-hybridized carbons (Fsp3) is 0.417. The molecule has 0 aliphatic carbocycles. The summed E-state index contributed by atoms with van der Waals surface area (Å²) in [6.07, 6.45) is 0.903. The number of carboxylic acids is 1. The minimum absolute atomic E-state index is 0.0186. The number of ether oxygens (including phenoxy) is 1. The van der Waals surface area contributed by atoms with Gasteiger partial charge in [0.05, 0.1) is 6.54 Å². The van der Waals surface area contributed by atoms with E-state index in [9.17, 15) is 4.79 Å². The molecule has 1 aliphatic heterocycles. The molecule has 0 saturated heterocycles. The van der Waals surface area contributed by atoms with E-state index in [0.29, 0.717) is 6.54 Å². The second-order valence-electron chi connectivity index (χ2n) is 4.08. The molecule has 0 aromatic heterocycles. The number of rotatable bonds is 4. The van der Waals surface area contributed by atoms with Gasteiger partial charge in [-0.05, 0) is 18.6 Å². The summed E-state index contributed by atoms with van der Waals surface area (Å²) in [4.78, 5) is 10.3. The molecule has 1 unspecified atom stereocenters. The summed E-state index contributed by atoms with van der Waals surface area (Å²) < 4.78 is 5.69. The lowest BCUT2D eigenvalue weighted by molar-refractivity contribution is -0.136. The van der Waals surface area contributed by atoms with E-state index in [1.807, 2.05) is 12.1 Å². The van der Waals surface area contributed by atoms with Crippen LogP contribution in [0.2, 0.25) is 0 Å². The third-order valence-corrected chi connectivity index (χ3v) is 2.61. The second kappa shape index (κ2) is 4.53. The number of nitrogens with one attached hydrogen (secondary N) is 1. The SMILES string of the molecule is Cc1ccc2c(c1)CC(CNCC(=O)O)O2. The van der Waals surface area contributed by atoms with Crippen molar-refractivity contribution in [1.29, 1.82) is 0 Å². The highest BCUT2D eigenvalue weighted by molar-refractivity contribution is 5.69. The van der Waals surface area contributed by atoms with Crippen molar-refractivity contribution in [3.05, 3.63) is 29.3 Å². The van der Waals surface area contributed by atoms with Crippen molar-refractivity contribution in [3.8, 4) is 5.75 Å². The molecule has 1 aromatic carbocycles. The Kier molecular flexibility index (Phi) is 3.10. The molecular weight excluding hydrogens is 206 g/mol. The van der Waals surface area contributed by atoms with Crippen molar-refractivity contribution in [2.24, 2.45) is 0 Å². The van der Waals surface area contributed by atoms with Crippen LogP contribution in [0.4, 0.5) is 0 Å². The van der Waals surface area contributed by atoms with Crippen molar-refractivity contribution < 1.29 is 14.6 Å². The van der Waals surface area contributed by atoms with E-state index >= 15 is 0 Å². The molecule has 2 N–H and O–H groups in total. The Hall–Kier alpha value is -1.55. The van der Waals surface area contributed by atoms with Gasteiger partial charge in [0.15, 0.2) is 0 Å². The van der Waals surface area contributed by atoms with Crippen LogP contribution in [0.3, 0.4) is 0 Å². The maximum atomic E-state index is 10.3. The first-order valence-corrected chi connectivity index (χ1v) is 5.34. The van der Waals surface area contributed by atoms with Gasteiger partial charge >= 0.3 is 5.97 Å². The molecule has 0 fully saturated rings. The molecule has 0 amide bonds. The zero-order chi connectivity index (χ0) is 11.5. The molecule has 16 heavy (non-hydrogen) atoms. The molecule has 0 saturated carbocycles. The molecule has 0 spiro atoms. The van der Waals surface area contributed by atoms with Crippen LogP contribution in [0.1, 0.15) is 11.1 Å². The predicted molar refractivity (Wildman–Crippen MR) is 59.8 cm³/mol. The highest BCUT2D eigenvalue weighted by atomic mass is 16.5. The lowest BCUT2D eigenvalue weighted by Crippen LogP contribution is -2.33. The molecule has 0 radical (unpaired) electrons. The average Bonchev–Trinajstić information content (AvgIpc) is 2.58. The van der Waals surface area contributed by atoms with Crippen LogP contribution >= 0.6 is 0 Å². The first-order valence-electron chi connectivity index (χ1n) is 5.34. The highest BCUT2D eigenvalue weighted by Crippen LogP contribution is 2.29.